The molecular weight excluding hydrogens is 391 g/mol. The predicted octanol–water partition coefficient (Wildman–Crippen LogP) is 1.78. The number of hydrogen-bond donors (Lipinski definition) is 5. The summed E-state index contributed by atoms with van der Waals surface area (Å²) in [5, 5.41) is 33.3. The second kappa shape index (κ2) is 7.17. The molecule has 0 radical (unpaired) electrons. The molecule has 1 aliphatic carbocycles. The van der Waals surface area contributed by atoms with E-state index >= 15 is 0 Å². The SMILES string of the molecule is Nc1nc(Cl)c(-c2cc3ccc(F)cc3o2)c(N[C@@H]2C[C@H](CO)[C@@H](O)[C@H]2O)n1. The maximum absolute atomic E-state index is 13.5. The van der Waals surface area contributed by atoms with Gasteiger partial charge in [0.05, 0.1) is 17.7 Å². The van der Waals surface area contributed by atoms with Gasteiger partial charge in [0.15, 0.2) is 0 Å². The number of aliphatic hydroxyl groups excluding tert-OH is 3. The van der Waals surface area contributed by atoms with Crippen LogP contribution < -0.4 is 11.1 Å². The van der Waals surface area contributed by atoms with Crippen LogP contribution in [0, 0.1) is 11.7 Å². The summed E-state index contributed by atoms with van der Waals surface area (Å²) in [5.74, 6) is -0.513. The molecule has 0 saturated heterocycles. The van der Waals surface area contributed by atoms with Crippen molar-refractivity contribution in [1.29, 1.82) is 0 Å². The van der Waals surface area contributed by atoms with Crippen LogP contribution in [0.3, 0.4) is 0 Å². The Morgan fingerprint density at radius 2 is 2.04 bits per heavy atom. The summed E-state index contributed by atoms with van der Waals surface area (Å²) in [7, 11) is 0. The predicted molar refractivity (Wildman–Crippen MR) is 101 cm³/mol. The molecule has 28 heavy (non-hydrogen) atoms. The zero-order valence-electron chi connectivity index (χ0n) is 14.5. The number of anilines is 2. The van der Waals surface area contributed by atoms with Gasteiger partial charge in [0.25, 0.3) is 0 Å². The highest BCUT2D eigenvalue weighted by Crippen LogP contribution is 2.38. The van der Waals surface area contributed by atoms with Crippen LogP contribution in [0.4, 0.5) is 16.2 Å². The molecule has 0 aliphatic heterocycles. The molecule has 0 unspecified atom stereocenters. The van der Waals surface area contributed by atoms with Crippen LogP contribution in [0.2, 0.25) is 5.15 Å². The highest BCUT2D eigenvalue weighted by atomic mass is 35.5. The lowest BCUT2D eigenvalue weighted by Gasteiger charge is -2.20. The number of rotatable bonds is 4. The zero-order chi connectivity index (χ0) is 20.0. The Balaban J connectivity index is 1.75. The van der Waals surface area contributed by atoms with Gasteiger partial charge in [-0.3, -0.25) is 0 Å². The van der Waals surface area contributed by atoms with Gasteiger partial charge < -0.3 is 30.8 Å². The zero-order valence-corrected chi connectivity index (χ0v) is 15.3. The van der Waals surface area contributed by atoms with Crippen LogP contribution >= 0.6 is 11.6 Å². The van der Waals surface area contributed by atoms with E-state index in [4.69, 9.17) is 21.8 Å². The summed E-state index contributed by atoms with van der Waals surface area (Å²) < 4.78 is 19.2. The average molecular weight is 409 g/mol. The minimum Gasteiger partial charge on any atom is -0.456 e. The van der Waals surface area contributed by atoms with E-state index in [1.807, 2.05) is 0 Å². The normalized spacial score (nSPS) is 24.8. The molecule has 6 N–H and O–H groups in total. The van der Waals surface area contributed by atoms with Crippen molar-refractivity contribution in [3.05, 3.63) is 35.2 Å². The van der Waals surface area contributed by atoms with Crippen molar-refractivity contribution in [3.8, 4) is 11.3 Å². The molecular formula is C18H18ClFN4O4. The van der Waals surface area contributed by atoms with Crippen LogP contribution in [-0.4, -0.2) is 50.1 Å². The standard InChI is InChI=1S/C18H18ClFN4O4/c19-16-13(12-4-7-1-2-9(20)5-11(7)28-12)17(24-18(21)23-16)22-10-3-8(6-25)14(26)15(10)27/h1-2,4-5,8,10,14-15,25-27H,3,6H2,(H3,21,22,23,24)/t8-,10-,14-,15+/m1/s1. The van der Waals surface area contributed by atoms with Crippen LogP contribution in [0.5, 0.6) is 0 Å². The fraction of sp³-hybridized carbons (Fsp3) is 0.333. The van der Waals surface area contributed by atoms with Gasteiger partial charge in [-0.05, 0) is 24.6 Å². The quantitative estimate of drug-likeness (QED) is 0.412. The first-order valence-electron chi connectivity index (χ1n) is 8.63. The lowest BCUT2D eigenvalue weighted by molar-refractivity contribution is 0.00446. The highest BCUT2D eigenvalue weighted by molar-refractivity contribution is 6.32. The number of nitrogens with one attached hydrogen (secondary N) is 1. The molecule has 2 heterocycles. The smallest absolute Gasteiger partial charge is 0.223 e. The average Bonchev–Trinajstić information content (AvgIpc) is 3.16. The van der Waals surface area contributed by atoms with Crippen LogP contribution in [0.15, 0.2) is 28.7 Å². The molecule has 1 aromatic carbocycles. The number of aromatic nitrogens is 2. The van der Waals surface area contributed by atoms with E-state index in [0.29, 0.717) is 28.7 Å². The third kappa shape index (κ3) is 3.26. The number of fused-ring (bicyclic) bond motifs is 1. The van der Waals surface area contributed by atoms with E-state index in [2.05, 4.69) is 15.3 Å². The topological polar surface area (TPSA) is 138 Å². The molecule has 1 fully saturated rings. The molecule has 2 aromatic heterocycles. The van der Waals surface area contributed by atoms with Crippen molar-refractivity contribution < 1.29 is 24.1 Å². The molecule has 0 amide bonds. The van der Waals surface area contributed by atoms with Crippen molar-refractivity contribution in [2.45, 2.75) is 24.7 Å². The van der Waals surface area contributed by atoms with E-state index in [1.165, 1.54) is 12.1 Å². The number of halogens is 2. The Hall–Kier alpha value is -2.46. The Labute approximate surface area is 163 Å². The maximum atomic E-state index is 13.5. The van der Waals surface area contributed by atoms with Crippen molar-refractivity contribution in [2.75, 3.05) is 17.7 Å². The lowest BCUT2D eigenvalue weighted by atomic mass is 10.1. The van der Waals surface area contributed by atoms with Crippen molar-refractivity contribution in [3.63, 3.8) is 0 Å². The molecule has 10 heteroatoms. The Morgan fingerprint density at radius 3 is 2.75 bits per heavy atom. The first-order chi connectivity index (χ1) is 13.4. The molecule has 8 nitrogen and oxygen atoms in total. The Morgan fingerprint density at radius 1 is 1.25 bits per heavy atom. The van der Waals surface area contributed by atoms with Crippen LogP contribution in [-0.2, 0) is 0 Å². The van der Waals surface area contributed by atoms with Gasteiger partial charge >= 0.3 is 0 Å². The monoisotopic (exact) mass is 408 g/mol. The van der Waals surface area contributed by atoms with Gasteiger partial charge in [-0.25, -0.2) is 9.37 Å². The van der Waals surface area contributed by atoms with E-state index in [0.717, 1.165) is 0 Å². The lowest BCUT2D eigenvalue weighted by Crippen LogP contribution is -2.35. The summed E-state index contributed by atoms with van der Waals surface area (Å²) in [5.41, 5.74) is 6.33. The van der Waals surface area contributed by atoms with E-state index < -0.39 is 30.0 Å². The minimum absolute atomic E-state index is 0.0151. The largest absolute Gasteiger partial charge is 0.456 e. The third-order valence-electron chi connectivity index (χ3n) is 4.97. The van der Waals surface area contributed by atoms with E-state index in [-0.39, 0.29) is 23.5 Å². The number of nitrogen functional groups attached to an aromatic ring is 1. The fourth-order valence-corrected chi connectivity index (χ4v) is 3.79. The van der Waals surface area contributed by atoms with Gasteiger partial charge in [0.1, 0.15) is 34.2 Å². The minimum atomic E-state index is -1.12. The van der Waals surface area contributed by atoms with Gasteiger partial charge in [-0.1, -0.05) is 11.6 Å². The number of aliphatic hydroxyl groups is 3. The molecule has 3 aromatic rings. The molecule has 4 rings (SSSR count). The number of furan rings is 1. The van der Waals surface area contributed by atoms with Crippen LogP contribution in [0.25, 0.3) is 22.3 Å². The first kappa shape index (κ1) is 18.9. The summed E-state index contributed by atoms with van der Waals surface area (Å²) in [4.78, 5) is 8.10. The third-order valence-corrected chi connectivity index (χ3v) is 5.24. The maximum Gasteiger partial charge on any atom is 0.223 e. The first-order valence-corrected chi connectivity index (χ1v) is 9.01. The van der Waals surface area contributed by atoms with Crippen molar-refractivity contribution in [2.24, 2.45) is 5.92 Å². The molecule has 0 bridgehead atoms. The Kier molecular flexibility index (Phi) is 4.84. The number of benzene rings is 1. The number of nitrogens with zero attached hydrogens (tertiary/aromatic N) is 2. The molecule has 148 valence electrons. The summed E-state index contributed by atoms with van der Waals surface area (Å²) >= 11 is 6.28. The second-order valence-corrected chi connectivity index (χ2v) is 7.16. The molecule has 1 saturated carbocycles. The fourth-order valence-electron chi connectivity index (χ4n) is 3.52. The van der Waals surface area contributed by atoms with E-state index in [1.54, 1.807) is 12.1 Å². The number of hydrogen-bond acceptors (Lipinski definition) is 8. The second-order valence-electron chi connectivity index (χ2n) is 6.80. The highest BCUT2D eigenvalue weighted by Gasteiger charge is 2.41. The summed E-state index contributed by atoms with van der Waals surface area (Å²) in [6.45, 7) is -0.259. The van der Waals surface area contributed by atoms with Gasteiger partial charge in [0, 0.05) is 24.0 Å². The molecule has 0 spiro atoms. The van der Waals surface area contributed by atoms with Crippen molar-refractivity contribution >= 4 is 34.3 Å². The molecule has 4 atom stereocenters. The van der Waals surface area contributed by atoms with Crippen molar-refractivity contribution in [1.82, 2.24) is 9.97 Å². The molecule has 1 aliphatic rings. The van der Waals surface area contributed by atoms with Crippen LogP contribution in [0.1, 0.15) is 6.42 Å². The van der Waals surface area contributed by atoms with Gasteiger partial charge in [-0.15, -0.1) is 0 Å². The van der Waals surface area contributed by atoms with Gasteiger partial charge in [-0.2, -0.15) is 4.98 Å². The van der Waals surface area contributed by atoms with Gasteiger partial charge in [0.2, 0.25) is 5.95 Å². The summed E-state index contributed by atoms with van der Waals surface area (Å²) in [6.07, 6.45) is -1.88. The summed E-state index contributed by atoms with van der Waals surface area (Å²) in [6, 6.07) is 5.20. The number of nitrogens with two attached hydrogens (primary N) is 1. The van der Waals surface area contributed by atoms with E-state index in [9.17, 15) is 19.7 Å². The Bertz CT molecular complexity index is 1030.